The fourth-order valence-electron chi connectivity index (χ4n) is 1.63. The second-order valence-electron chi connectivity index (χ2n) is 4.84. The zero-order chi connectivity index (χ0) is 16.4. The monoisotopic (exact) mass is 280 g/mol. The normalized spacial score (nSPS) is 12.6. The largest absolute Gasteiger partial charge is 0.103 e. The Hall–Kier alpha value is -0.780. The molecular weight excluding hydrogens is 240 g/mol. The molecule has 0 aromatic carbocycles. The van der Waals surface area contributed by atoms with Crippen molar-refractivity contribution in [1.29, 1.82) is 0 Å². The van der Waals surface area contributed by atoms with E-state index in [-0.39, 0.29) is 0 Å². The highest BCUT2D eigenvalue weighted by Gasteiger charge is 1.94. The highest BCUT2D eigenvalue weighted by molar-refractivity contribution is 5.04. The Kier molecular flexibility index (Phi) is 24.9. The van der Waals surface area contributed by atoms with Crippen LogP contribution in [0.25, 0.3) is 0 Å². The Labute approximate surface area is 130 Å². The molecule has 1 atom stereocenters. The van der Waals surface area contributed by atoms with E-state index in [9.17, 15) is 0 Å². The van der Waals surface area contributed by atoms with Gasteiger partial charge in [0.1, 0.15) is 0 Å². The van der Waals surface area contributed by atoms with Gasteiger partial charge in [-0.1, -0.05) is 77.3 Å². The van der Waals surface area contributed by atoms with Crippen molar-refractivity contribution in [3.63, 3.8) is 0 Å². The van der Waals surface area contributed by atoms with Crippen LogP contribution in [-0.4, -0.2) is 0 Å². The van der Waals surface area contributed by atoms with Gasteiger partial charge in [0, 0.05) is 0 Å². The zero-order valence-electron chi connectivity index (χ0n) is 15.6. The van der Waals surface area contributed by atoms with Gasteiger partial charge in [-0.3, -0.25) is 0 Å². The van der Waals surface area contributed by atoms with Crippen LogP contribution in [0, 0.1) is 5.92 Å². The van der Waals surface area contributed by atoms with Crippen LogP contribution >= 0.6 is 0 Å². The second-order valence-corrected chi connectivity index (χ2v) is 4.84. The third kappa shape index (κ3) is 19.6. The molecule has 0 amide bonds. The van der Waals surface area contributed by atoms with Crippen LogP contribution in [0.4, 0.5) is 0 Å². The molecule has 0 rings (SSSR count). The number of hydrogen-bond donors (Lipinski definition) is 0. The molecule has 0 nitrogen and oxygen atoms in total. The number of rotatable bonds is 8. The topological polar surface area (TPSA) is 0 Å². The van der Waals surface area contributed by atoms with E-state index in [1.807, 2.05) is 33.8 Å². The summed E-state index contributed by atoms with van der Waals surface area (Å²) in [4.78, 5) is 0. The summed E-state index contributed by atoms with van der Waals surface area (Å²) >= 11 is 0. The first-order valence-corrected chi connectivity index (χ1v) is 8.54. The molecule has 0 saturated heterocycles. The molecule has 0 N–H and O–H groups in total. The summed E-state index contributed by atoms with van der Waals surface area (Å²) in [7, 11) is 0. The van der Waals surface area contributed by atoms with Gasteiger partial charge in [0.05, 0.1) is 0 Å². The molecule has 0 saturated carbocycles. The van der Waals surface area contributed by atoms with Crippen LogP contribution < -0.4 is 0 Å². The predicted octanol–water partition coefficient (Wildman–Crippen LogP) is 7.72. The first kappa shape index (κ1) is 24.3. The first-order valence-electron chi connectivity index (χ1n) is 8.54. The van der Waals surface area contributed by atoms with Gasteiger partial charge in [-0.15, -0.1) is 6.58 Å². The van der Waals surface area contributed by atoms with Crippen molar-refractivity contribution in [2.45, 2.75) is 87.5 Å². The smallest absolute Gasteiger partial charge is 0.0230 e. The van der Waals surface area contributed by atoms with Gasteiger partial charge in [0.25, 0.3) is 0 Å². The Balaban J connectivity index is -0.000000656. The maximum atomic E-state index is 3.81. The molecule has 0 aliphatic rings. The molecule has 1 unspecified atom stereocenters. The molecular formula is C20H40. The maximum Gasteiger partial charge on any atom is -0.0230 e. The molecule has 0 aromatic heterocycles. The van der Waals surface area contributed by atoms with Crippen molar-refractivity contribution < 1.29 is 0 Å². The van der Waals surface area contributed by atoms with E-state index in [1.165, 1.54) is 36.8 Å². The van der Waals surface area contributed by atoms with Crippen molar-refractivity contribution in [2.75, 3.05) is 0 Å². The van der Waals surface area contributed by atoms with Crippen molar-refractivity contribution >= 4 is 0 Å². The highest BCUT2D eigenvalue weighted by Crippen LogP contribution is 2.12. The molecule has 0 fully saturated rings. The average molecular weight is 281 g/mol. The van der Waals surface area contributed by atoms with Crippen molar-refractivity contribution in [1.82, 2.24) is 0 Å². The minimum absolute atomic E-state index is 0.604. The lowest BCUT2D eigenvalue weighted by molar-refractivity contribution is 0.738. The first-order chi connectivity index (χ1) is 9.60. The van der Waals surface area contributed by atoms with E-state index in [1.54, 1.807) is 0 Å². The lowest BCUT2D eigenvalue weighted by Crippen LogP contribution is -1.86. The van der Waals surface area contributed by atoms with Crippen LogP contribution in [-0.2, 0) is 0 Å². The standard InChI is InChI=1S/C16H28.2C2H6/c1-6-9-15(4)10-8-11-16(5)13-12-14(3)7-2;2*1-2/h7,10,13-14H,2,6,8-9,11-12H2,1,3-5H3;2*1-2H3/b15-10+,16-13+;;. The molecule has 0 heterocycles. The summed E-state index contributed by atoms with van der Waals surface area (Å²) in [5.41, 5.74) is 3.05. The minimum Gasteiger partial charge on any atom is -0.103 e. The van der Waals surface area contributed by atoms with E-state index >= 15 is 0 Å². The van der Waals surface area contributed by atoms with Crippen LogP contribution in [0.3, 0.4) is 0 Å². The number of hydrogen-bond acceptors (Lipinski definition) is 0. The Morgan fingerprint density at radius 1 is 0.950 bits per heavy atom. The van der Waals surface area contributed by atoms with Gasteiger partial charge in [-0.2, -0.15) is 0 Å². The molecule has 0 spiro atoms. The number of allylic oxidation sites excluding steroid dienone is 5. The minimum atomic E-state index is 0.604. The van der Waals surface area contributed by atoms with Gasteiger partial charge >= 0.3 is 0 Å². The van der Waals surface area contributed by atoms with Crippen LogP contribution in [0.15, 0.2) is 36.0 Å². The molecule has 0 aromatic rings. The Bertz CT molecular complexity index is 243. The SMILES string of the molecule is C=CC(C)C/C=C(\C)CC/C=C(\C)CCC.CC.CC. The van der Waals surface area contributed by atoms with Crippen molar-refractivity contribution in [3.8, 4) is 0 Å². The van der Waals surface area contributed by atoms with Gasteiger partial charge in [0.2, 0.25) is 0 Å². The van der Waals surface area contributed by atoms with Gasteiger partial charge in [-0.25, -0.2) is 0 Å². The zero-order valence-corrected chi connectivity index (χ0v) is 15.6. The summed E-state index contributed by atoms with van der Waals surface area (Å²) in [5, 5.41) is 0. The summed E-state index contributed by atoms with van der Waals surface area (Å²) in [5.74, 6) is 0.604. The maximum absolute atomic E-state index is 3.81. The van der Waals surface area contributed by atoms with E-state index in [0.717, 1.165) is 6.42 Å². The fraction of sp³-hybridized carbons (Fsp3) is 0.700. The third-order valence-corrected chi connectivity index (χ3v) is 2.92. The molecule has 20 heavy (non-hydrogen) atoms. The average Bonchev–Trinajstić information content (AvgIpc) is 2.49. The fourth-order valence-corrected chi connectivity index (χ4v) is 1.63. The lowest BCUT2D eigenvalue weighted by Gasteiger charge is -2.03. The molecule has 0 aliphatic heterocycles. The van der Waals surface area contributed by atoms with E-state index < -0.39 is 0 Å². The van der Waals surface area contributed by atoms with Crippen molar-refractivity contribution in [2.24, 2.45) is 5.92 Å². The second kappa shape index (κ2) is 20.5. The van der Waals surface area contributed by atoms with Gasteiger partial charge < -0.3 is 0 Å². The Morgan fingerprint density at radius 3 is 1.90 bits per heavy atom. The lowest BCUT2D eigenvalue weighted by atomic mass is 10.0. The Morgan fingerprint density at radius 2 is 1.45 bits per heavy atom. The molecule has 0 heteroatoms. The summed E-state index contributed by atoms with van der Waals surface area (Å²) in [6.45, 7) is 20.7. The summed E-state index contributed by atoms with van der Waals surface area (Å²) in [6.07, 6.45) is 12.8. The summed E-state index contributed by atoms with van der Waals surface area (Å²) < 4.78 is 0. The highest BCUT2D eigenvalue weighted by atomic mass is 14.0. The quantitative estimate of drug-likeness (QED) is 0.399. The molecule has 0 bridgehead atoms. The summed E-state index contributed by atoms with van der Waals surface area (Å²) in [6, 6.07) is 0. The van der Waals surface area contributed by atoms with Gasteiger partial charge in [0.15, 0.2) is 0 Å². The van der Waals surface area contributed by atoms with Gasteiger partial charge in [-0.05, 0) is 45.4 Å². The predicted molar refractivity (Wildman–Crippen MR) is 98.3 cm³/mol. The van der Waals surface area contributed by atoms with E-state index in [4.69, 9.17) is 0 Å². The third-order valence-electron chi connectivity index (χ3n) is 2.92. The molecule has 120 valence electrons. The van der Waals surface area contributed by atoms with Crippen LogP contribution in [0.1, 0.15) is 87.5 Å². The molecule has 0 aliphatic carbocycles. The van der Waals surface area contributed by atoms with E-state index in [2.05, 4.69) is 46.4 Å². The van der Waals surface area contributed by atoms with E-state index in [0.29, 0.717) is 5.92 Å². The van der Waals surface area contributed by atoms with Crippen LogP contribution in [0.2, 0.25) is 0 Å². The van der Waals surface area contributed by atoms with Crippen molar-refractivity contribution in [3.05, 3.63) is 36.0 Å². The van der Waals surface area contributed by atoms with Crippen LogP contribution in [0.5, 0.6) is 0 Å². The molecule has 0 radical (unpaired) electrons.